The van der Waals surface area contributed by atoms with Gasteiger partial charge in [0.2, 0.25) is 5.91 Å². The lowest BCUT2D eigenvalue weighted by molar-refractivity contribution is -0.141. The third-order valence-corrected chi connectivity index (χ3v) is 4.06. The Bertz CT molecular complexity index is 1160. The summed E-state index contributed by atoms with van der Waals surface area (Å²) in [7, 11) is 1.24. The fraction of sp³-hybridized carbons (Fsp3) is 0.176. The highest BCUT2D eigenvalue weighted by Gasteiger charge is 2.33. The molecule has 0 aliphatic rings. The van der Waals surface area contributed by atoms with Gasteiger partial charge in [0.1, 0.15) is 11.3 Å². The fourth-order valence-corrected chi connectivity index (χ4v) is 2.63. The number of alkyl halides is 3. The number of nitrogens with two attached hydrogens (primary N) is 1. The average Bonchev–Trinajstić information content (AvgIpc) is 2.62. The predicted octanol–water partition coefficient (Wildman–Crippen LogP) is 1.26. The molecular weight excluding hydrogens is 365 g/mol. The van der Waals surface area contributed by atoms with Crippen LogP contribution in [0.15, 0.2) is 46.0 Å². The summed E-state index contributed by atoms with van der Waals surface area (Å²) < 4.78 is 40.3. The van der Waals surface area contributed by atoms with E-state index in [4.69, 9.17) is 5.73 Å². The van der Waals surface area contributed by atoms with Gasteiger partial charge in [-0.3, -0.25) is 18.7 Å². The normalized spacial score (nSPS) is 11.7. The Labute approximate surface area is 149 Å². The van der Waals surface area contributed by atoms with E-state index in [-0.39, 0.29) is 23.1 Å². The molecule has 0 spiro atoms. The molecule has 0 unspecified atom stereocenters. The monoisotopic (exact) mass is 378 g/mol. The second-order valence-corrected chi connectivity index (χ2v) is 5.86. The maximum Gasteiger partial charge on any atom is 0.433 e. The van der Waals surface area contributed by atoms with E-state index in [0.29, 0.717) is 11.6 Å². The van der Waals surface area contributed by atoms with Crippen LogP contribution < -0.4 is 17.0 Å². The number of benzene rings is 1. The number of nitrogens with zero attached hydrogens (tertiary/aromatic N) is 3. The zero-order valence-electron chi connectivity index (χ0n) is 13.9. The highest BCUT2D eigenvalue weighted by atomic mass is 19.4. The summed E-state index contributed by atoms with van der Waals surface area (Å²) in [6.07, 6.45) is -4.69. The van der Waals surface area contributed by atoms with E-state index in [0.717, 1.165) is 15.2 Å². The van der Waals surface area contributed by atoms with Gasteiger partial charge in [-0.15, -0.1) is 0 Å². The minimum absolute atomic E-state index is 0.112. The highest BCUT2D eigenvalue weighted by molar-refractivity contribution is 5.92. The number of carbonyl (C=O) groups is 1. The first-order valence-electron chi connectivity index (χ1n) is 7.66. The first-order valence-corrected chi connectivity index (χ1v) is 7.66. The number of amides is 1. The van der Waals surface area contributed by atoms with Crippen LogP contribution in [0.5, 0.6) is 0 Å². The summed E-state index contributed by atoms with van der Waals surface area (Å²) in [5.41, 5.74) is 2.86. The van der Waals surface area contributed by atoms with Gasteiger partial charge >= 0.3 is 11.9 Å². The number of hydrogen-bond donors (Lipinski definition) is 1. The van der Waals surface area contributed by atoms with Crippen LogP contribution in [-0.2, 0) is 19.8 Å². The maximum absolute atomic E-state index is 12.8. The third kappa shape index (κ3) is 3.33. The van der Waals surface area contributed by atoms with Crippen molar-refractivity contribution < 1.29 is 18.0 Å². The molecule has 1 amide bonds. The van der Waals surface area contributed by atoms with Crippen molar-refractivity contribution in [2.24, 2.45) is 12.8 Å². The lowest BCUT2D eigenvalue weighted by Gasteiger charge is -2.12. The van der Waals surface area contributed by atoms with E-state index in [2.05, 4.69) is 4.98 Å². The zero-order valence-corrected chi connectivity index (χ0v) is 13.9. The van der Waals surface area contributed by atoms with Crippen LogP contribution in [0.25, 0.3) is 11.0 Å². The molecular formula is C17H13F3N4O3. The van der Waals surface area contributed by atoms with Crippen LogP contribution in [0.1, 0.15) is 21.6 Å². The predicted molar refractivity (Wildman–Crippen MR) is 90.3 cm³/mol. The van der Waals surface area contributed by atoms with Gasteiger partial charge in [-0.05, 0) is 29.8 Å². The number of rotatable bonds is 3. The molecule has 0 bridgehead atoms. The zero-order chi connectivity index (χ0) is 19.9. The smallest absolute Gasteiger partial charge is 0.366 e. The molecule has 2 heterocycles. The summed E-state index contributed by atoms with van der Waals surface area (Å²) >= 11 is 0. The molecule has 0 atom stereocenters. The van der Waals surface area contributed by atoms with E-state index in [1.54, 1.807) is 0 Å². The van der Waals surface area contributed by atoms with Gasteiger partial charge in [0.25, 0.3) is 5.56 Å². The van der Waals surface area contributed by atoms with Crippen molar-refractivity contribution in [3.05, 3.63) is 74.1 Å². The summed E-state index contributed by atoms with van der Waals surface area (Å²) in [5, 5.41) is -0.112. The topological polar surface area (TPSA) is 100.0 Å². The minimum atomic E-state index is -4.69. The van der Waals surface area contributed by atoms with Crippen LogP contribution in [0.3, 0.4) is 0 Å². The Morgan fingerprint density at radius 2 is 1.74 bits per heavy atom. The van der Waals surface area contributed by atoms with E-state index in [9.17, 15) is 27.6 Å². The fourth-order valence-electron chi connectivity index (χ4n) is 2.63. The van der Waals surface area contributed by atoms with Gasteiger partial charge in [-0.2, -0.15) is 13.2 Å². The minimum Gasteiger partial charge on any atom is -0.366 e. The van der Waals surface area contributed by atoms with Gasteiger partial charge in [-0.25, -0.2) is 9.78 Å². The quantitative estimate of drug-likeness (QED) is 0.742. The number of aromatic nitrogens is 3. The number of carbonyl (C=O) groups excluding carboxylic acids is 1. The summed E-state index contributed by atoms with van der Waals surface area (Å²) in [4.78, 5) is 39.6. The molecule has 0 fully saturated rings. The van der Waals surface area contributed by atoms with Crippen LogP contribution in [0.2, 0.25) is 0 Å². The summed E-state index contributed by atoms with van der Waals surface area (Å²) in [6, 6.07) is 7.65. The molecule has 140 valence electrons. The van der Waals surface area contributed by atoms with Crippen molar-refractivity contribution in [3.63, 3.8) is 0 Å². The van der Waals surface area contributed by atoms with Crippen molar-refractivity contribution in [2.75, 3.05) is 0 Å². The largest absolute Gasteiger partial charge is 0.433 e. The average molecular weight is 378 g/mol. The first kappa shape index (κ1) is 18.4. The lowest BCUT2D eigenvalue weighted by Crippen LogP contribution is -2.39. The van der Waals surface area contributed by atoms with Crippen LogP contribution in [-0.4, -0.2) is 20.0 Å². The summed E-state index contributed by atoms with van der Waals surface area (Å²) in [5.74, 6) is -0.619. The van der Waals surface area contributed by atoms with Crippen LogP contribution >= 0.6 is 0 Å². The van der Waals surface area contributed by atoms with Gasteiger partial charge in [0, 0.05) is 12.6 Å². The number of halogens is 3. The number of aryl methyl sites for hydroxylation is 1. The van der Waals surface area contributed by atoms with E-state index in [1.807, 2.05) is 0 Å². The van der Waals surface area contributed by atoms with Crippen molar-refractivity contribution in [3.8, 4) is 0 Å². The molecule has 3 aromatic rings. The number of fused-ring (bicyclic) bond motifs is 1. The molecule has 0 aliphatic carbocycles. The Kier molecular flexibility index (Phi) is 4.34. The van der Waals surface area contributed by atoms with Crippen LogP contribution in [0, 0.1) is 0 Å². The molecule has 7 nitrogen and oxygen atoms in total. The lowest BCUT2D eigenvalue weighted by atomic mass is 10.1. The maximum atomic E-state index is 12.8. The van der Waals surface area contributed by atoms with E-state index < -0.39 is 29.0 Å². The van der Waals surface area contributed by atoms with E-state index >= 15 is 0 Å². The van der Waals surface area contributed by atoms with Crippen molar-refractivity contribution in [1.29, 1.82) is 0 Å². The van der Waals surface area contributed by atoms with Crippen molar-refractivity contribution in [1.82, 2.24) is 14.1 Å². The molecule has 27 heavy (non-hydrogen) atoms. The first-order chi connectivity index (χ1) is 12.6. The third-order valence-electron chi connectivity index (χ3n) is 4.06. The molecule has 10 heteroatoms. The van der Waals surface area contributed by atoms with Gasteiger partial charge in [-0.1, -0.05) is 12.1 Å². The Balaban J connectivity index is 2.13. The van der Waals surface area contributed by atoms with Crippen LogP contribution in [0.4, 0.5) is 13.2 Å². The molecule has 0 saturated carbocycles. The molecule has 2 N–H and O–H groups in total. The molecule has 0 saturated heterocycles. The Morgan fingerprint density at radius 1 is 1.11 bits per heavy atom. The Morgan fingerprint density at radius 3 is 2.30 bits per heavy atom. The van der Waals surface area contributed by atoms with Gasteiger partial charge in [0.15, 0.2) is 0 Å². The van der Waals surface area contributed by atoms with Gasteiger partial charge in [0.05, 0.1) is 11.9 Å². The molecule has 0 radical (unpaired) electrons. The van der Waals surface area contributed by atoms with E-state index in [1.165, 1.54) is 31.3 Å². The van der Waals surface area contributed by atoms with Gasteiger partial charge < -0.3 is 5.73 Å². The highest BCUT2D eigenvalue weighted by Crippen LogP contribution is 2.28. The second kappa shape index (κ2) is 6.38. The Hall–Kier alpha value is -3.43. The summed E-state index contributed by atoms with van der Waals surface area (Å²) in [6.45, 7) is -0.124. The SMILES string of the molecule is Cn1c(=O)n(Cc2ccc(C(N)=O)cc2)c(=O)c2ccc(C(F)(F)F)nc21. The number of primary amides is 1. The molecule has 2 aromatic heterocycles. The second-order valence-electron chi connectivity index (χ2n) is 5.86. The molecule has 1 aromatic carbocycles. The van der Waals surface area contributed by atoms with Crippen molar-refractivity contribution in [2.45, 2.75) is 12.7 Å². The number of hydrogen-bond acceptors (Lipinski definition) is 4. The standard InChI is InChI=1S/C17H13F3N4O3/c1-23-14-11(6-7-12(22-14)17(18,19)20)15(26)24(16(23)27)8-9-2-4-10(5-3-9)13(21)25/h2-7H,8H2,1H3,(H2,21,25). The molecule has 0 aliphatic heterocycles. The van der Waals surface area contributed by atoms with Crippen molar-refractivity contribution >= 4 is 16.9 Å². The number of pyridine rings is 1. The molecule has 3 rings (SSSR count).